The predicted octanol–water partition coefficient (Wildman–Crippen LogP) is 1.95. The lowest BCUT2D eigenvalue weighted by Crippen LogP contribution is -2.17. The second-order valence-electron chi connectivity index (χ2n) is 2.08. The minimum Gasteiger partial charge on any atom is -0.355 e. The zero-order chi connectivity index (χ0) is 11.6. The average molecular weight is 235 g/mol. The van der Waals surface area contributed by atoms with Gasteiger partial charge in [-0.05, 0) is 34.1 Å². The molecule has 1 aromatic carbocycles. The van der Waals surface area contributed by atoms with Crippen molar-refractivity contribution in [2.45, 2.75) is 0 Å². The molecule has 2 nitrogen and oxygen atoms in total. The van der Waals surface area contributed by atoms with E-state index in [0.717, 1.165) is 6.07 Å². The molecule has 0 aliphatic carbocycles. The van der Waals surface area contributed by atoms with Crippen molar-refractivity contribution in [3.8, 4) is 0 Å². The summed E-state index contributed by atoms with van der Waals surface area (Å²) in [4.78, 5) is 11.3. The molecule has 0 aromatic heterocycles. The van der Waals surface area contributed by atoms with Crippen LogP contribution in [0.3, 0.4) is 0 Å². The van der Waals surface area contributed by atoms with Gasteiger partial charge in [-0.15, -0.1) is 0 Å². The molecule has 12 heavy (non-hydrogen) atoms. The maximum absolute atomic E-state index is 12.8. The van der Waals surface area contributed by atoms with Crippen molar-refractivity contribution < 1.29 is 13.3 Å². The van der Waals surface area contributed by atoms with Gasteiger partial charge in [-0.3, -0.25) is 4.79 Å². The van der Waals surface area contributed by atoms with Crippen molar-refractivity contribution in [3.63, 3.8) is 0 Å². The highest BCUT2D eigenvalue weighted by molar-refractivity contribution is 9.10. The highest BCUT2D eigenvalue weighted by Gasteiger charge is 2.05. The Labute approximate surface area is 82.1 Å². The molecule has 4 heteroatoms. The summed E-state index contributed by atoms with van der Waals surface area (Å²) >= 11 is 2.90. The van der Waals surface area contributed by atoms with Gasteiger partial charge in [0.2, 0.25) is 0 Å². The molecule has 0 aliphatic heterocycles. The summed E-state index contributed by atoms with van der Waals surface area (Å²) in [7, 11) is 0. The van der Waals surface area contributed by atoms with Crippen LogP contribution in [0.1, 0.15) is 14.5 Å². The smallest absolute Gasteiger partial charge is 0.251 e. The molecule has 0 aliphatic rings. The van der Waals surface area contributed by atoms with Gasteiger partial charge in [0.25, 0.3) is 5.91 Å². The third-order valence-corrected chi connectivity index (χ3v) is 1.90. The van der Waals surface area contributed by atoms with Gasteiger partial charge in [0.05, 0.1) is 4.47 Å². The molecule has 1 aromatic rings. The largest absolute Gasteiger partial charge is 0.355 e. The molecule has 0 radical (unpaired) electrons. The lowest BCUT2D eigenvalue weighted by molar-refractivity contribution is 0.0963. The molecule has 0 saturated heterocycles. The molecule has 1 N–H and O–H groups in total. The van der Waals surface area contributed by atoms with E-state index >= 15 is 0 Å². The van der Waals surface area contributed by atoms with Gasteiger partial charge in [-0.2, -0.15) is 0 Å². The van der Waals surface area contributed by atoms with Crippen LogP contribution in [0.15, 0.2) is 22.7 Å². The Hall–Kier alpha value is -0.900. The third-order valence-electron chi connectivity index (χ3n) is 1.30. The molecule has 0 spiro atoms. The molecule has 0 heterocycles. The normalized spacial score (nSPS) is 14.3. The van der Waals surface area contributed by atoms with Crippen LogP contribution in [-0.2, 0) is 0 Å². The highest BCUT2D eigenvalue weighted by atomic mass is 79.9. The lowest BCUT2D eigenvalue weighted by Gasteiger charge is -2.00. The number of carbonyl (C=O) groups is 1. The Morgan fingerprint density at radius 2 is 2.50 bits per heavy atom. The van der Waals surface area contributed by atoms with Crippen molar-refractivity contribution in [2.75, 3.05) is 6.98 Å². The van der Waals surface area contributed by atoms with Crippen LogP contribution >= 0.6 is 15.9 Å². The number of rotatable bonds is 1. The SMILES string of the molecule is [2H]C([2H])([2H])NC(=O)c1ccc(F)c(Br)c1. The van der Waals surface area contributed by atoms with Crippen molar-refractivity contribution >= 4 is 21.8 Å². The van der Waals surface area contributed by atoms with E-state index in [1.807, 2.05) is 0 Å². The Balaban J connectivity index is 2.88. The van der Waals surface area contributed by atoms with Gasteiger partial charge in [-0.1, -0.05) is 0 Å². The van der Waals surface area contributed by atoms with E-state index in [1.165, 1.54) is 12.1 Å². The monoisotopic (exact) mass is 234 g/mol. The number of hydrogen-bond donors (Lipinski definition) is 1. The van der Waals surface area contributed by atoms with Gasteiger partial charge in [0.15, 0.2) is 0 Å². The second-order valence-corrected chi connectivity index (χ2v) is 2.94. The zero-order valence-electron chi connectivity index (χ0n) is 8.90. The second kappa shape index (κ2) is 3.67. The van der Waals surface area contributed by atoms with E-state index < -0.39 is 18.7 Å². The molecule has 0 saturated carbocycles. The summed E-state index contributed by atoms with van der Waals surface area (Å²) in [6.45, 7) is -2.54. The Bertz CT molecular complexity index is 394. The topological polar surface area (TPSA) is 29.1 Å². The van der Waals surface area contributed by atoms with E-state index in [0.29, 0.717) is 0 Å². The standard InChI is InChI=1S/C8H7BrFNO/c1-11-8(12)5-2-3-7(10)6(9)4-5/h2-4H,1H3,(H,11,12)/i1D3. The summed E-state index contributed by atoms with van der Waals surface area (Å²) in [5, 5.41) is 1.80. The fraction of sp³-hybridized carbons (Fsp3) is 0.125. The minimum atomic E-state index is -2.54. The average Bonchev–Trinajstić information content (AvgIpc) is 2.06. The number of nitrogens with one attached hydrogen (secondary N) is 1. The van der Waals surface area contributed by atoms with Gasteiger partial charge in [0.1, 0.15) is 5.82 Å². The van der Waals surface area contributed by atoms with Crippen molar-refractivity contribution in [2.24, 2.45) is 0 Å². The first-order valence-corrected chi connectivity index (χ1v) is 3.86. The van der Waals surface area contributed by atoms with Gasteiger partial charge in [-0.25, -0.2) is 4.39 Å². The van der Waals surface area contributed by atoms with Crippen LogP contribution in [0, 0.1) is 5.82 Å². The summed E-state index contributed by atoms with van der Waals surface area (Å²) in [6.07, 6.45) is 0. The highest BCUT2D eigenvalue weighted by Crippen LogP contribution is 2.16. The first-order chi connectivity index (χ1) is 6.79. The third kappa shape index (κ3) is 1.82. The van der Waals surface area contributed by atoms with Gasteiger partial charge in [0, 0.05) is 16.7 Å². The molecule has 0 fully saturated rings. The summed E-state index contributed by atoms with van der Waals surface area (Å²) in [6, 6.07) is 3.51. The van der Waals surface area contributed by atoms with Gasteiger partial charge >= 0.3 is 0 Å². The van der Waals surface area contributed by atoms with Crippen LogP contribution < -0.4 is 5.32 Å². The van der Waals surface area contributed by atoms with Crippen molar-refractivity contribution in [1.29, 1.82) is 0 Å². The Morgan fingerprint density at radius 1 is 1.75 bits per heavy atom. The molecule has 0 unspecified atom stereocenters. The summed E-state index contributed by atoms with van der Waals surface area (Å²) in [5.74, 6) is -1.28. The van der Waals surface area contributed by atoms with E-state index in [2.05, 4.69) is 15.9 Å². The first-order valence-electron chi connectivity index (χ1n) is 4.57. The zero-order valence-corrected chi connectivity index (χ0v) is 7.48. The predicted molar refractivity (Wildman–Crippen MR) is 47.5 cm³/mol. The number of benzene rings is 1. The maximum Gasteiger partial charge on any atom is 0.251 e. The summed E-state index contributed by atoms with van der Waals surface area (Å²) in [5.41, 5.74) is 0.0828. The Kier molecular flexibility index (Phi) is 1.74. The van der Waals surface area contributed by atoms with E-state index in [1.54, 1.807) is 5.32 Å². The van der Waals surface area contributed by atoms with Crippen molar-refractivity contribution in [1.82, 2.24) is 5.32 Å². The molecule has 0 atom stereocenters. The number of amides is 1. The maximum atomic E-state index is 12.8. The van der Waals surface area contributed by atoms with Crippen LogP contribution in [0.2, 0.25) is 0 Å². The molecule has 64 valence electrons. The van der Waals surface area contributed by atoms with Crippen LogP contribution in [-0.4, -0.2) is 12.9 Å². The van der Waals surface area contributed by atoms with Crippen LogP contribution in [0.25, 0.3) is 0 Å². The quantitative estimate of drug-likeness (QED) is 0.791. The minimum absolute atomic E-state index is 0.0828. The van der Waals surface area contributed by atoms with E-state index in [4.69, 9.17) is 4.11 Å². The molecular formula is C8H7BrFNO. The first kappa shape index (κ1) is 5.70. The van der Waals surface area contributed by atoms with Gasteiger partial charge < -0.3 is 5.32 Å². The van der Waals surface area contributed by atoms with Crippen LogP contribution in [0.4, 0.5) is 4.39 Å². The Morgan fingerprint density at radius 3 is 3.08 bits per heavy atom. The molecule has 1 amide bonds. The van der Waals surface area contributed by atoms with Crippen LogP contribution in [0.5, 0.6) is 0 Å². The molecule has 0 bridgehead atoms. The van der Waals surface area contributed by atoms with Crippen molar-refractivity contribution in [3.05, 3.63) is 34.1 Å². The fourth-order valence-electron chi connectivity index (χ4n) is 0.710. The number of halogens is 2. The molecule has 1 rings (SSSR count). The van der Waals surface area contributed by atoms with E-state index in [-0.39, 0.29) is 10.0 Å². The fourth-order valence-corrected chi connectivity index (χ4v) is 1.09. The number of carbonyl (C=O) groups excluding carboxylic acids is 1. The lowest BCUT2D eigenvalue weighted by atomic mass is 10.2. The van der Waals surface area contributed by atoms with E-state index in [9.17, 15) is 9.18 Å². The summed E-state index contributed by atoms with van der Waals surface area (Å²) < 4.78 is 33.4. The number of hydrogen-bond acceptors (Lipinski definition) is 1. The molecular weight excluding hydrogens is 225 g/mol.